The summed E-state index contributed by atoms with van der Waals surface area (Å²) in [7, 11) is 1.83. The Labute approximate surface area is 212 Å². The minimum absolute atomic E-state index is 0.0394. The molecule has 182 valence electrons. The maximum Gasteiger partial charge on any atom is 0.255 e. The molecule has 0 radical (unpaired) electrons. The van der Waals surface area contributed by atoms with Crippen molar-refractivity contribution in [3.05, 3.63) is 101 Å². The highest BCUT2D eigenvalue weighted by Gasteiger charge is 2.41. The molecule has 0 spiro atoms. The van der Waals surface area contributed by atoms with Crippen LogP contribution in [-0.2, 0) is 11.3 Å². The van der Waals surface area contributed by atoms with E-state index in [1.54, 1.807) is 17.0 Å². The summed E-state index contributed by atoms with van der Waals surface area (Å²) in [5.41, 5.74) is 1.08. The smallest absolute Gasteiger partial charge is 0.255 e. The molecular weight excluding hydrogens is 460 g/mol. The Morgan fingerprint density at radius 1 is 0.971 bits per heavy atom. The van der Waals surface area contributed by atoms with Gasteiger partial charge in [-0.1, -0.05) is 72.3 Å². The molecule has 1 fully saturated rings. The standard InChI is InChI=1S/C29H31ClN2O3/c1-31(20-23-11-4-2-5-12-23)27(33)19-29(22-35-24-13-6-3-7-14-24)17-10-18-32(21-29)28(34)25-15-8-9-16-26(25)30/h2-9,11-16H,10,17-22H2,1H3. The van der Waals surface area contributed by atoms with Crippen molar-refractivity contribution < 1.29 is 14.3 Å². The van der Waals surface area contributed by atoms with Gasteiger partial charge in [-0.25, -0.2) is 0 Å². The van der Waals surface area contributed by atoms with Crippen molar-refractivity contribution in [2.45, 2.75) is 25.8 Å². The van der Waals surface area contributed by atoms with E-state index in [9.17, 15) is 9.59 Å². The topological polar surface area (TPSA) is 49.9 Å². The predicted octanol–water partition coefficient (Wildman–Crippen LogP) is 5.69. The molecule has 3 aromatic rings. The Kier molecular flexibility index (Phi) is 8.09. The van der Waals surface area contributed by atoms with Crippen LogP contribution >= 0.6 is 11.6 Å². The van der Waals surface area contributed by atoms with Crippen LogP contribution in [0.15, 0.2) is 84.9 Å². The molecule has 1 saturated heterocycles. The van der Waals surface area contributed by atoms with Crippen LogP contribution in [0.1, 0.15) is 35.2 Å². The number of hydrogen-bond acceptors (Lipinski definition) is 3. The lowest BCUT2D eigenvalue weighted by atomic mass is 9.77. The number of ether oxygens (including phenoxy) is 1. The van der Waals surface area contributed by atoms with E-state index in [2.05, 4.69) is 0 Å². The second-order valence-electron chi connectivity index (χ2n) is 9.32. The maximum atomic E-state index is 13.4. The van der Waals surface area contributed by atoms with Crippen molar-refractivity contribution in [2.75, 3.05) is 26.7 Å². The van der Waals surface area contributed by atoms with Crippen LogP contribution in [-0.4, -0.2) is 48.4 Å². The van der Waals surface area contributed by atoms with Crippen LogP contribution in [0, 0.1) is 5.41 Å². The number of amides is 2. The zero-order valence-electron chi connectivity index (χ0n) is 20.0. The first kappa shape index (κ1) is 24.8. The highest BCUT2D eigenvalue weighted by Crippen LogP contribution is 2.36. The summed E-state index contributed by atoms with van der Waals surface area (Å²) in [5, 5.41) is 0.438. The fourth-order valence-electron chi connectivity index (χ4n) is 4.65. The molecule has 5 nitrogen and oxygen atoms in total. The fraction of sp³-hybridized carbons (Fsp3) is 0.310. The second kappa shape index (κ2) is 11.4. The first-order valence-electron chi connectivity index (χ1n) is 12.0. The van der Waals surface area contributed by atoms with Crippen molar-refractivity contribution in [3.63, 3.8) is 0 Å². The number of carbonyl (C=O) groups is 2. The van der Waals surface area contributed by atoms with E-state index in [1.165, 1.54) is 0 Å². The highest BCUT2D eigenvalue weighted by molar-refractivity contribution is 6.33. The zero-order valence-corrected chi connectivity index (χ0v) is 20.8. The Balaban J connectivity index is 1.53. The van der Waals surface area contributed by atoms with Gasteiger partial charge in [0, 0.05) is 38.5 Å². The van der Waals surface area contributed by atoms with Gasteiger partial charge in [0.1, 0.15) is 5.75 Å². The molecule has 2 amide bonds. The van der Waals surface area contributed by atoms with Gasteiger partial charge in [-0.05, 0) is 42.7 Å². The Bertz CT molecular complexity index is 1140. The molecule has 0 N–H and O–H groups in total. The SMILES string of the molecule is CN(Cc1ccccc1)C(=O)CC1(COc2ccccc2)CCCN(C(=O)c2ccccc2Cl)C1. The number of carbonyl (C=O) groups excluding carboxylic acids is 2. The summed E-state index contributed by atoms with van der Waals surface area (Å²) in [6.45, 7) is 1.96. The van der Waals surface area contributed by atoms with Crippen molar-refractivity contribution in [2.24, 2.45) is 5.41 Å². The molecule has 1 atom stereocenters. The van der Waals surface area contributed by atoms with Gasteiger partial charge in [0.25, 0.3) is 5.91 Å². The number of likely N-dealkylation sites (tertiary alicyclic amines) is 1. The summed E-state index contributed by atoms with van der Waals surface area (Å²) < 4.78 is 6.17. The third-order valence-corrected chi connectivity index (χ3v) is 6.89. The molecule has 0 bridgehead atoms. The van der Waals surface area contributed by atoms with E-state index in [1.807, 2.05) is 84.7 Å². The lowest BCUT2D eigenvalue weighted by molar-refractivity contribution is -0.134. The third-order valence-electron chi connectivity index (χ3n) is 6.56. The molecular formula is C29H31ClN2O3. The Morgan fingerprint density at radius 2 is 1.63 bits per heavy atom. The number of para-hydroxylation sites is 1. The zero-order chi connectivity index (χ0) is 24.7. The number of hydrogen-bond donors (Lipinski definition) is 0. The van der Waals surface area contributed by atoms with Gasteiger partial charge < -0.3 is 14.5 Å². The summed E-state index contributed by atoms with van der Waals surface area (Å²) in [6.07, 6.45) is 1.90. The quantitative estimate of drug-likeness (QED) is 0.407. The minimum atomic E-state index is -0.493. The van der Waals surface area contributed by atoms with E-state index in [0.29, 0.717) is 43.2 Å². The van der Waals surface area contributed by atoms with Gasteiger partial charge in [0.15, 0.2) is 0 Å². The number of piperidine rings is 1. The van der Waals surface area contributed by atoms with Gasteiger partial charge in [-0.2, -0.15) is 0 Å². The maximum absolute atomic E-state index is 13.4. The van der Waals surface area contributed by atoms with E-state index in [4.69, 9.17) is 16.3 Å². The molecule has 0 aromatic heterocycles. The second-order valence-corrected chi connectivity index (χ2v) is 9.73. The van der Waals surface area contributed by atoms with E-state index in [-0.39, 0.29) is 11.8 Å². The average Bonchev–Trinajstić information content (AvgIpc) is 2.89. The van der Waals surface area contributed by atoms with Crippen LogP contribution in [0.25, 0.3) is 0 Å². The van der Waals surface area contributed by atoms with Crippen molar-refractivity contribution in [1.29, 1.82) is 0 Å². The number of nitrogens with zero attached hydrogens (tertiary/aromatic N) is 2. The lowest BCUT2D eigenvalue weighted by Gasteiger charge is -2.43. The number of benzene rings is 3. The molecule has 1 heterocycles. The Morgan fingerprint density at radius 3 is 2.34 bits per heavy atom. The van der Waals surface area contributed by atoms with Gasteiger partial charge >= 0.3 is 0 Å². The summed E-state index contributed by atoms with van der Waals surface area (Å²) in [5.74, 6) is 0.688. The van der Waals surface area contributed by atoms with Crippen molar-refractivity contribution in [3.8, 4) is 5.75 Å². The number of halogens is 1. The van der Waals surface area contributed by atoms with E-state index in [0.717, 1.165) is 24.2 Å². The molecule has 4 rings (SSSR count). The predicted molar refractivity (Wildman–Crippen MR) is 138 cm³/mol. The molecule has 35 heavy (non-hydrogen) atoms. The van der Waals surface area contributed by atoms with Gasteiger partial charge in [-0.3, -0.25) is 9.59 Å². The normalized spacial score (nSPS) is 17.6. The van der Waals surface area contributed by atoms with Crippen LogP contribution in [0.2, 0.25) is 5.02 Å². The van der Waals surface area contributed by atoms with Gasteiger partial charge in [0.2, 0.25) is 5.91 Å². The van der Waals surface area contributed by atoms with Gasteiger partial charge in [0.05, 0.1) is 17.2 Å². The van der Waals surface area contributed by atoms with E-state index >= 15 is 0 Å². The molecule has 0 aliphatic carbocycles. The largest absolute Gasteiger partial charge is 0.493 e. The average molecular weight is 491 g/mol. The fourth-order valence-corrected chi connectivity index (χ4v) is 4.87. The summed E-state index contributed by atoms with van der Waals surface area (Å²) in [4.78, 5) is 30.3. The first-order valence-corrected chi connectivity index (χ1v) is 12.3. The van der Waals surface area contributed by atoms with Crippen LogP contribution in [0.4, 0.5) is 0 Å². The van der Waals surface area contributed by atoms with Crippen molar-refractivity contribution in [1.82, 2.24) is 9.80 Å². The van der Waals surface area contributed by atoms with Crippen LogP contribution in [0.3, 0.4) is 0 Å². The lowest BCUT2D eigenvalue weighted by Crippen LogP contribution is -2.50. The monoisotopic (exact) mass is 490 g/mol. The molecule has 0 saturated carbocycles. The highest BCUT2D eigenvalue weighted by atomic mass is 35.5. The minimum Gasteiger partial charge on any atom is -0.493 e. The first-order chi connectivity index (χ1) is 17.0. The third kappa shape index (κ3) is 6.43. The van der Waals surface area contributed by atoms with Crippen LogP contribution < -0.4 is 4.74 Å². The summed E-state index contributed by atoms with van der Waals surface area (Å²) >= 11 is 6.32. The molecule has 1 aliphatic rings. The molecule has 6 heteroatoms. The van der Waals surface area contributed by atoms with Crippen molar-refractivity contribution >= 4 is 23.4 Å². The molecule has 3 aromatic carbocycles. The number of rotatable bonds is 8. The van der Waals surface area contributed by atoms with Crippen LogP contribution in [0.5, 0.6) is 5.75 Å². The summed E-state index contributed by atoms with van der Waals surface area (Å²) in [6, 6.07) is 26.7. The van der Waals surface area contributed by atoms with Gasteiger partial charge in [-0.15, -0.1) is 0 Å². The molecule has 1 unspecified atom stereocenters. The Hall–Kier alpha value is -3.31. The van der Waals surface area contributed by atoms with E-state index < -0.39 is 5.41 Å². The molecule has 1 aliphatic heterocycles.